The second-order valence-corrected chi connectivity index (χ2v) is 5.39. The summed E-state index contributed by atoms with van der Waals surface area (Å²) in [5.41, 5.74) is 3.04. The number of hydrogen-bond acceptors (Lipinski definition) is 1. The lowest BCUT2D eigenvalue weighted by atomic mass is 10.1. The molecular weight excluding hydrogens is 262 g/mol. The Morgan fingerprint density at radius 1 is 1.25 bits per heavy atom. The van der Waals surface area contributed by atoms with Crippen molar-refractivity contribution in [2.75, 3.05) is 11.9 Å². The van der Waals surface area contributed by atoms with E-state index >= 15 is 0 Å². The fourth-order valence-electron chi connectivity index (χ4n) is 2.52. The minimum absolute atomic E-state index is 0.805. The fourth-order valence-corrected chi connectivity index (χ4v) is 3.05. The summed E-state index contributed by atoms with van der Waals surface area (Å²) in [5.74, 6) is 0.805. The Kier molecular flexibility index (Phi) is 4.42. The molecule has 1 aliphatic heterocycles. The van der Waals surface area contributed by atoms with Gasteiger partial charge in [0.15, 0.2) is 0 Å². The highest BCUT2D eigenvalue weighted by molar-refractivity contribution is 9.09. The van der Waals surface area contributed by atoms with Crippen molar-refractivity contribution in [1.29, 1.82) is 0 Å². The molecule has 1 unspecified atom stereocenters. The van der Waals surface area contributed by atoms with E-state index in [0.29, 0.717) is 0 Å². The maximum atomic E-state index is 3.63. The monoisotopic (exact) mass is 281 g/mol. The van der Waals surface area contributed by atoms with Crippen LogP contribution in [0.25, 0.3) is 0 Å². The zero-order valence-corrected chi connectivity index (χ0v) is 11.5. The third kappa shape index (κ3) is 2.86. The summed E-state index contributed by atoms with van der Waals surface area (Å²) in [7, 11) is 0. The van der Waals surface area contributed by atoms with Crippen molar-refractivity contribution in [3.05, 3.63) is 35.4 Å². The molecule has 0 aliphatic carbocycles. The summed E-state index contributed by atoms with van der Waals surface area (Å²) in [6.07, 6.45) is 2.62. The zero-order valence-electron chi connectivity index (χ0n) is 9.95. The average molecular weight is 282 g/mol. The van der Waals surface area contributed by atoms with Crippen molar-refractivity contribution in [2.24, 2.45) is 5.92 Å². The van der Waals surface area contributed by atoms with Gasteiger partial charge < -0.3 is 0 Å². The molecule has 0 spiro atoms. The molecule has 16 heavy (non-hydrogen) atoms. The van der Waals surface area contributed by atoms with Gasteiger partial charge in [0, 0.05) is 25.0 Å². The molecular formula is C14H20BrN. The van der Waals surface area contributed by atoms with Crippen LogP contribution in [0.3, 0.4) is 0 Å². The van der Waals surface area contributed by atoms with Gasteiger partial charge in [-0.3, -0.25) is 4.90 Å². The lowest BCUT2D eigenvalue weighted by Crippen LogP contribution is -2.25. The zero-order chi connectivity index (χ0) is 11.4. The molecule has 0 saturated heterocycles. The lowest BCUT2D eigenvalue weighted by Gasteiger charge is -2.21. The highest BCUT2D eigenvalue weighted by atomic mass is 79.9. The minimum atomic E-state index is 0.805. The van der Waals surface area contributed by atoms with E-state index in [0.717, 1.165) is 24.3 Å². The Bertz CT molecular complexity index is 312. The van der Waals surface area contributed by atoms with E-state index in [-0.39, 0.29) is 0 Å². The molecule has 0 bridgehead atoms. The van der Waals surface area contributed by atoms with E-state index in [9.17, 15) is 0 Å². The first kappa shape index (κ1) is 12.1. The van der Waals surface area contributed by atoms with Gasteiger partial charge in [-0.25, -0.2) is 0 Å². The van der Waals surface area contributed by atoms with Crippen LogP contribution in [0.1, 0.15) is 30.9 Å². The number of hydrogen-bond donors (Lipinski definition) is 0. The van der Waals surface area contributed by atoms with Crippen LogP contribution in [0.2, 0.25) is 0 Å². The highest BCUT2D eigenvalue weighted by Crippen LogP contribution is 2.24. The first-order chi connectivity index (χ1) is 7.83. The van der Waals surface area contributed by atoms with Crippen LogP contribution < -0.4 is 0 Å². The molecule has 1 atom stereocenters. The molecule has 1 nitrogen and oxygen atoms in total. The fraction of sp³-hybridized carbons (Fsp3) is 0.571. The average Bonchev–Trinajstić information content (AvgIpc) is 2.70. The van der Waals surface area contributed by atoms with Crippen molar-refractivity contribution in [2.45, 2.75) is 32.9 Å². The van der Waals surface area contributed by atoms with E-state index in [2.05, 4.69) is 52.0 Å². The summed E-state index contributed by atoms with van der Waals surface area (Å²) in [5, 5.41) is 1.13. The Labute approximate surface area is 107 Å². The second-order valence-electron chi connectivity index (χ2n) is 4.75. The Morgan fingerprint density at radius 2 is 1.88 bits per heavy atom. The summed E-state index contributed by atoms with van der Waals surface area (Å²) < 4.78 is 0. The van der Waals surface area contributed by atoms with Gasteiger partial charge in [-0.15, -0.1) is 0 Å². The molecule has 0 N–H and O–H groups in total. The van der Waals surface area contributed by atoms with Gasteiger partial charge in [0.1, 0.15) is 0 Å². The number of alkyl halides is 1. The number of halogens is 1. The molecule has 1 aliphatic rings. The van der Waals surface area contributed by atoms with E-state index in [1.165, 1.54) is 30.5 Å². The third-order valence-electron chi connectivity index (χ3n) is 3.34. The minimum Gasteiger partial charge on any atom is -0.295 e. The molecule has 1 aromatic carbocycles. The highest BCUT2D eigenvalue weighted by Gasteiger charge is 2.20. The molecule has 1 heterocycles. The van der Waals surface area contributed by atoms with Crippen LogP contribution in [-0.4, -0.2) is 16.8 Å². The lowest BCUT2D eigenvalue weighted by molar-refractivity contribution is 0.239. The SMILES string of the molecule is CCCC(CBr)CN1Cc2ccccc2C1. The van der Waals surface area contributed by atoms with Crippen molar-refractivity contribution < 1.29 is 0 Å². The smallest absolute Gasteiger partial charge is 0.0240 e. The topological polar surface area (TPSA) is 3.24 Å². The summed E-state index contributed by atoms with van der Waals surface area (Å²) in [4.78, 5) is 2.58. The van der Waals surface area contributed by atoms with E-state index in [1.807, 2.05) is 0 Å². The van der Waals surface area contributed by atoms with Crippen LogP contribution in [0.15, 0.2) is 24.3 Å². The predicted octanol–water partition coefficient (Wildman–Crippen LogP) is 3.81. The van der Waals surface area contributed by atoms with Crippen molar-refractivity contribution in [3.63, 3.8) is 0 Å². The molecule has 0 fully saturated rings. The van der Waals surface area contributed by atoms with E-state index < -0.39 is 0 Å². The van der Waals surface area contributed by atoms with Gasteiger partial charge in [-0.05, 0) is 23.5 Å². The van der Waals surface area contributed by atoms with Gasteiger partial charge in [0.25, 0.3) is 0 Å². The normalized spacial score (nSPS) is 17.4. The van der Waals surface area contributed by atoms with Crippen LogP contribution in [0.5, 0.6) is 0 Å². The third-order valence-corrected chi connectivity index (χ3v) is 4.25. The van der Waals surface area contributed by atoms with Gasteiger partial charge >= 0.3 is 0 Å². The molecule has 0 amide bonds. The van der Waals surface area contributed by atoms with Crippen molar-refractivity contribution in [3.8, 4) is 0 Å². The van der Waals surface area contributed by atoms with Crippen LogP contribution in [0.4, 0.5) is 0 Å². The molecule has 88 valence electrons. The summed E-state index contributed by atoms with van der Waals surface area (Å²) in [6, 6.07) is 8.82. The van der Waals surface area contributed by atoms with E-state index in [1.54, 1.807) is 0 Å². The van der Waals surface area contributed by atoms with Gasteiger partial charge in [0.2, 0.25) is 0 Å². The molecule has 0 aromatic heterocycles. The summed E-state index contributed by atoms with van der Waals surface area (Å²) in [6.45, 7) is 5.79. The Balaban J connectivity index is 1.91. The molecule has 2 rings (SSSR count). The standard InChI is InChI=1S/C14H20BrN/c1-2-5-12(8-15)9-16-10-13-6-3-4-7-14(13)11-16/h3-4,6-7,12H,2,5,8-11H2,1H3. The quantitative estimate of drug-likeness (QED) is 0.742. The first-order valence-electron chi connectivity index (χ1n) is 6.18. The first-order valence-corrected chi connectivity index (χ1v) is 7.30. The van der Waals surface area contributed by atoms with Crippen LogP contribution in [-0.2, 0) is 13.1 Å². The maximum Gasteiger partial charge on any atom is 0.0240 e. The van der Waals surface area contributed by atoms with Crippen LogP contribution >= 0.6 is 15.9 Å². The number of nitrogens with zero attached hydrogens (tertiary/aromatic N) is 1. The van der Waals surface area contributed by atoms with Crippen LogP contribution in [0, 0.1) is 5.92 Å². The number of rotatable bonds is 5. The molecule has 0 saturated carbocycles. The largest absolute Gasteiger partial charge is 0.295 e. The molecule has 2 heteroatoms. The Morgan fingerprint density at radius 3 is 2.38 bits per heavy atom. The molecule has 1 aromatic rings. The van der Waals surface area contributed by atoms with Crippen molar-refractivity contribution in [1.82, 2.24) is 4.90 Å². The second kappa shape index (κ2) is 5.83. The molecule has 0 radical (unpaired) electrons. The van der Waals surface area contributed by atoms with Gasteiger partial charge in [0.05, 0.1) is 0 Å². The maximum absolute atomic E-state index is 3.63. The van der Waals surface area contributed by atoms with Gasteiger partial charge in [-0.1, -0.05) is 53.5 Å². The predicted molar refractivity (Wildman–Crippen MR) is 72.7 cm³/mol. The number of fused-ring (bicyclic) bond motifs is 1. The van der Waals surface area contributed by atoms with E-state index in [4.69, 9.17) is 0 Å². The Hall–Kier alpha value is -0.340. The van der Waals surface area contributed by atoms with Crippen molar-refractivity contribution >= 4 is 15.9 Å². The number of benzene rings is 1. The summed E-state index contributed by atoms with van der Waals surface area (Å²) >= 11 is 3.63. The van der Waals surface area contributed by atoms with Gasteiger partial charge in [-0.2, -0.15) is 0 Å².